The predicted molar refractivity (Wildman–Crippen MR) is 46.5 cm³/mol. The molecule has 0 aliphatic carbocycles. The van der Waals surface area contributed by atoms with Crippen LogP contribution >= 0.6 is 15.9 Å². The molecule has 0 saturated heterocycles. The Bertz CT molecular complexity index is 369. The molecule has 1 heterocycles. The molecule has 2 N–H and O–H groups in total. The summed E-state index contributed by atoms with van der Waals surface area (Å²) < 4.78 is 52.2. The molecule has 0 unspecified atom stereocenters. The Kier molecular flexibility index (Phi) is 3.50. The van der Waals surface area contributed by atoms with E-state index >= 15 is 0 Å². The fourth-order valence-electron chi connectivity index (χ4n) is 0.858. The van der Waals surface area contributed by atoms with Gasteiger partial charge in [0.15, 0.2) is 11.6 Å². The molecule has 84 valence electrons. The third-order valence-electron chi connectivity index (χ3n) is 1.38. The second-order valence-corrected chi connectivity index (χ2v) is 3.27. The van der Waals surface area contributed by atoms with Gasteiger partial charge in [-0.05, 0) is 15.9 Å². The zero-order chi connectivity index (χ0) is 11.6. The van der Waals surface area contributed by atoms with Gasteiger partial charge in [-0.3, -0.25) is 0 Å². The Morgan fingerprint density at radius 1 is 1.47 bits per heavy atom. The Balaban J connectivity index is 3.12. The van der Waals surface area contributed by atoms with Crippen LogP contribution in [0.3, 0.4) is 0 Å². The van der Waals surface area contributed by atoms with E-state index in [9.17, 15) is 17.6 Å². The van der Waals surface area contributed by atoms with Crippen LogP contribution in [0.1, 0.15) is 5.69 Å². The molecule has 0 atom stereocenters. The number of nitrogens with two attached hydrogens (primary N) is 1. The Labute approximate surface area is 90.4 Å². The molecule has 0 radical (unpaired) electrons. The van der Waals surface area contributed by atoms with Crippen LogP contribution in [0.15, 0.2) is 10.7 Å². The molecule has 1 aromatic rings. The van der Waals surface area contributed by atoms with Gasteiger partial charge in [-0.2, -0.15) is 0 Å². The van der Waals surface area contributed by atoms with Gasteiger partial charge in [0.05, 0.1) is 5.69 Å². The quantitative estimate of drug-likeness (QED) is 0.671. The molecule has 1 rings (SSSR count). The SMILES string of the molecule is NCc1nc(Br)cc(OC(F)(F)F)c1F. The van der Waals surface area contributed by atoms with E-state index in [1.54, 1.807) is 0 Å². The van der Waals surface area contributed by atoms with E-state index in [1.807, 2.05) is 0 Å². The number of rotatable bonds is 2. The zero-order valence-electron chi connectivity index (χ0n) is 7.11. The smallest absolute Gasteiger partial charge is 0.402 e. The number of hydrogen-bond acceptors (Lipinski definition) is 3. The van der Waals surface area contributed by atoms with Crippen molar-refractivity contribution in [1.29, 1.82) is 0 Å². The molecule has 0 aliphatic rings. The summed E-state index contributed by atoms with van der Waals surface area (Å²) in [5.74, 6) is -2.16. The summed E-state index contributed by atoms with van der Waals surface area (Å²) in [6.45, 7) is -0.320. The highest BCUT2D eigenvalue weighted by Crippen LogP contribution is 2.28. The number of pyridine rings is 1. The van der Waals surface area contributed by atoms with Crippen LogP contribution in [0.5, 0.6) is 5.75 Å². The van der Waals surface area contributed by atoms with Crippen molar-refractivity contribution in [3.8, 4) is 5.75 Å². The van der Waals surface area contributed by atoms with E-state index in [4.69, 9.17) is 5.73 Å². The van der Waals surface area contributed by atoms with Gasteiger partial charge >= 0.3 is 6.36 Å². The number of hydrogen-bond donors (Lipinski definition) is 1. The molecular weight excluding hydrogens is 284 g/mol. The molecule has 0 saturated carbocycles. The lowest BCUT2D eigenvalue weighted by molar-refractivity contribution is -0.275. The molecule has 0 amide bonds. The van der Waals surface area contributed by atoms with Crippen molar-refractivity contribution in [3.63, 3.8) is 0 Å². The summed E-state index contributed by atoms with van der Waals surface area (Å²) in [4.78, 5) is 3.55. The van der Waals surface area contributed by atoms with Crippen molar-refractivity contribution in [2.45, 2.75) is 12.9 Å². The minimum atomic E-state index is -4.95. The molecule has 15 heavy (non-hydrogen) atoms. The van der Waals surface area contributed by atoms with Gasteiger partial charge in [0.1, 0.15) is 4.60 Å². The maximum Gasteiger partial charge on any atom is 0.573 e. The molecule has 0 spiro atoms. The van der Waals surface area contributed by atoms with Crippen molar-refractivity contribution < 1.29 is 22.3 Å². The van der Waals surface area contributed by atoms with Crippen LogP contribution in [0.2, 0.25) is 0 Å². The highest BCUT2D eigenvalue weighted by atomic mass is 79.9. The van der Waals surface area contributed by atoms with Crippen LogP contribution in [0.4, 0.5) is 17.6 Å². The van der Waals surface area contributed by atoms with Gasteiger partial charge in [-0.1, -0.05) is 0 Å². The van der Waals surface area contributed by atoms with Crippen molar-refractivity contribution in [1.82, 2.24) is 4.98 Å². The fourth-order valence-corrected chi connectivity index (χ4v) is 1.28. The molecular formula is C7H5BrF4N2O. The maximum atomic E-state index is 13.2. The van der Waals surface area contributed by atoms with Crippen LogP contribution in [-0.2, 0) is 6.54 Å². The lowest BCUT2D eigenvalue weighted by Crippen LogP contribution is -2.19. The maximum absolute atomic E-state index is 13.2. The molecule has 0 aromatic carbocycles. The van der Waals surface area contributed by atoms with Gasteiger partial charge in [0.25, 0.3) is 0 Å². The third-order valence-corrected chi connectivity index (χ3v) is 1.79. The Hall–Kier alpha value is -0.890. The molecule has 3 nitrogen and oxygen atoms in total. The first-order valence-electron chi connectivity index (χ1n) is 3.64. The van der Waals surface area contributed by atoms with E-state index in [-0.39, 0.29) is 16.8 Å². The number of ether oxygens (including phenoxy) is 1. The second-order valence-electron chi connectivity index (χ2n) is 2.46. The monoisotopic (exact) mass is 288 g/mol. The molecule has 1 aromatic heterocycles. The lowest BCUT2D eigenvalue weighted by atomic mass is 10.3. The summed E-state index contributed by atoms with van der Waals surface area (Å²) in [5.41, 5.74) is 4.79. The number of aromatic nitrogens is 1. The topological polar surface area (TPSA) is 48.1 Å². The minimum Gasteiger partial charge on any atom is -0.402 e. The first-order chi connectivity index (χ1) is 6.83. The van der Waals surface area contributed by atoms with E-state index in [2.05, 4.69) is 25.7 Å². The molecule has 0 bridgehead atoms. The summed E-state index contributed by atoms with van der Waals surface area (Å²) in [6.07, 6.45) is -4.95. The summed E-state index contributed by atoms with van der Waals surface area (Å²) in [7, 11) is 0. The van der Waals surface area contributed by atoms with Gasteiger partial charge < -0.3 is 10.5 Å². The average molecular weight is 289 g/mol. The average Bonchev–Trinajstić information content (AvgIpc) is 2.08. The zero-order valence-corrected chi connectivity index (χ0v) is 8.69. The number of alkyl halides is 3. The van der Waals surface area contributed by atoms with Crippen LogP contribution in [0, 0.1) is 5.82 Å². The van der Waals surface area contributed by atoms with E-state index in [0.29, 0.717) is 0 Å². The summed E-state index contributed by atoms with van der Waals surface area (Å²) in [5, 5.41) is 0. The highest BCUT2D eigenvalue weighted by Gasteiger charge is 2.33. The number of halogens is 5. The summed E-state index contributed by atoms with van der Waals surface area (Å²) >= 11 is 2.81. The van der Waals surface area contributed by atoms with Crippen molar-refractivity contribution in [3.05, 3.63) is 22.2 Å². The van der Waals surface area contributed by atoms with Crippen molar-refractivity contribution in [2.24, 2.45) is 5.73 Å². The Morgan fingerprint density at radius 3 is 2.53 bits per heavy atom. The van der Waals surface area contributed by atoms with Gasteiger partial charge in [-0.25, -0.2) is 9.37 Å². The van der Waals surface area contributed by atoms with E-state index in [1.165, 1.54) is 0 Å². The standard InChI is InChI=1S/C7H5BrF4N2O/c8-5-1-4(15-7(10,11)12)6(9)3(2-13)14-5/h1H,2,13H2. The first-order valence-corrected chi connectivity index (χ1v) is 4.43. The largest absolute Gasteiger partial charge is 0.573 e. The van der Waals surface area contributed by atoms with Gasteiger partial charge in [0, 0.05) is 12.6 Å². The minimum absolute atomic E-state index is 0.0172. The van der Waals surface area contributed by atoms with E-state index < -0.39 is 17.9 Å². The molecule has 0 fully saturated rings. The predicted octanol–water partition coefficient (Wildman–Crippen LogP) is 2.34. The first kappa shape index (κ1) is 12.2. The molecule has 8 heteroatoms. The van der Waals surface area contributed by atoms with Crippen LogP contribution in [-0.4, -0.2) is 11.3 Å². The van der Waals surface area contributed by atoms with E-state index in [0.717, 1.165) is 6.07 Å². The Morgan fingerprint density at radius 2 is 2.07 bits per heavy atom. The second kappa shape index (κ2) is 4.31. The van der Waals surface area contributed by atoms with Crippen LogP contribution in [0.25, 0.3) is 0 Å². The fraction of sp³-hybridized carbons (Fsp3) is 0.286. The van der Waals surface area contributed by atoms with Crippen molar-refractivity contribution in [2.75, 3.05) is 0 Å². The van der Waals surface area contributed by atoms with Gasteiger partial charge in [0.2, 0.25) is 0 Å². The number of nitrogens with zero attached hydrogens (tertiary/aromatic N) is 1. The highest BCUT2D eigenvalue weighted by molar-refractivity contribution is 9.10. The molecule has 0 aliphatic heterocycles. The third kappa shape index (κ3) is 3.31. The van der Waals surface area contributed by atoms with Crippen molar-refractivity contribution >= 4 is 15.9 Å². The lowest BCUT2D eigenvalue weighted by Gasteiger charge is -2.11. The normalized spacial score (nSPS) is 11.6. The van der Waals surface area contributed by atoms with Gasteiger partial charge in [-0.15, -0.1) is 13.2 Å². The van der Waals surface area contributed by atoms with Crippen LogP contribution < -0.4 is 10.5 Å². The summed E-state index contributed by atoms with van der Waals surface area (Å²) in [6, 6.07) is 0.780.